The minimum atomic E-state index is -0.327. The Balaban J connectivity index is 0.000000499. The SMILES string of the molecule is CC.CCCNc1ccc(C#N)c(Cl)c1C.Cc1ccc(C(=O)NNC=O)cc1. The summed E-state index contributed by atoms with van der Waals surface area (Å²) in [7, 11) is 0. The number of nitrogens with zero attached hydrogens (tertiary/aromatic N) is 1. The normalized spacial score (nSPS) is 8.86. The first-order valence-corrected chi connectivity index (χ1v) is 9.81. The highest BCUT2D eigenvalue weighted by Gasteiger charge is 2.06. The third-order valence-corrected chi connectivity index (χ3v) is 4.12. The number of nitrogens with one attached hydrogen (secondary N) is 3. The molecule has 0 saturated carbocycles. The number of nitriles is 1. The molecule has 3 N–H and O–H groups in total. The summed E-state index contributed by atoms with van der Waals surface area (Å²) in [5, 5.41) is 12.6. The van der Waals surface area contributed by atoms with Crippen LogP contribution in [-0.4, -0.2) is 18.9 Å². The zero-order valence-corrected chi connectivity index (χ0v) is 18.4. The molecule has 0 aliphatic carbocycles. The average Bonchev–Trinajstić information content (AvgIpc) is 2.75. The lowest BCUT2D eigenvalue weighted by Crippen LogP contribution is -2.36. The molecule has 0 radical (unpaired) electrons. The van der Waals surface area contributed by atoms with Crippen molar-refractivity contribution in [1.82, 2.24) is 10.9 Å². The van der Waals surface area contributed by atoms with Crippen LogP contribution in [0.15, 0.2) is 36.4 Å². The molecule has 0 saturated heterocycles. The number of hydrogen-bond acceptors (Lipinski definition) is 4. The van der Waals surface area contributed by atoms with Gasteiger partial charge < -0.3 is 5.32 Å². The number of carbonyl (C=O) groups excluding carboxylic acids is 2. The van der Waals surface area contributed by atoms with Crippen LogP contribution in [0.1, 0.15) is 54.2 Å². The number of amides is 2. The molecule has 0 atom stereocenters. The summed E-state index contributed by atoms with van der Waals surface area (Å²) in [4.78, 5) is 21.1. The van der Waals surface area contributed by atoms with Gasteiger partial charge in [0.25, 0.3) is 5.91 Å². The molecule has 2 aromatic rings. The quantitative estimate of drug-likeness (QED) is 0.467. The van der Waals surface area contributed by atoms with Crippen LogP contribution < -0.4 is 16.2 Å². The zero-order valence-electron chi connectivity index (χ0n) is 17.6. The molecule has 0 aliphatic heterocycles. The first kappa shape index (κ1) is 26.0. The van der Waals surface area contributed by atoms with Gasteiger partial charge in [0.1, 0.15) is 6.07 Å². The second-order valence-corrected chi connectivity index (χ2v) is 6.10. The number of hydrogen-bond donors (Lipinski definition) is 3. The van der Waals surface area contributed by atoms with Crippen molar-refractivity contribution in [1.29, 1.82) is 5.26 Å². The fourth-order valence-corrected chi connectivity index (χ4v) is 2.30. The Labute approximate surface area is 178 Å². The molecule has 29 heavy (non-hydrogen) atoms. The molecule has 2 rings (SSSR count). The van der Waals surface area contributed by atoms with Crippen molar-refractivity contribution >= 4 is 29.6 Å². The molecule has 0 aromatic heterocycles. The molecule has 0 heterocycles. The maximum Gasteiger partial charge on any atom is 0.269 e. The van der Waals surface area contributed by atoms with Crippen LogP contribution in [0.3, 0.4) is 0 Å². The van der Waals surface area contributed by atoms with E-state index in [1.165, 1.54) is 0 Å². The molecule has 6 nitrogen and oxygen atoms in total. The van der Waals surface area contributed by atoms with Crippen molar-refractivity contribution < 1.29 is 9.59 Å². The Morgan fingerprint density at radius 2 is 1.76 bits per heavy atom. The van der Waals surface area contributed by atoms with Crippen molar-refractivity contribution in [2.75, 3.05) is 11.9 Å². The number of rotatable bonds is 6. The lowest BCUT2D eigenvalue weighted by Gasteiger charge is -2.10. The van der Waals surface area contributed by atoms with Gasteiger partial charge in [0.05, 0.1) is 10.6 Å². The number of carbonyl (C=O) groups is 2. The van der Waals surface area contributed by atoms with E-state index in [2.05, 4.69) is 29.2 Å². The van der Waals surface area contributed by atoms with Gasteiger partial charge in [-0.25, -0.2) is 0 Å². The van der Waals surface area contributed by atoms with Crippen LogP contribution in [0.25, 0.3) is 0 Å². The van der Waals surface area contributed by atoms with Gasteiger partial charge in [-0.05, 0) is 50.1 Å². The van der Waals surface area contributed by atoms with Crippen molar-refractivity contribution in [2.24, 2.45) is 0 Å². The van der Waals surface area contributed by atoms with E-state index in [1.807, 2.05) is 45.9 Å². The first-order valence-electron chi connectivity index (χ1n) is 9.43. The smallest absolute Gasteiger partial charge is 0.269 e. The lowest BCUT2D eigenvalue weighted by atomic mass is 10.1. The second kappa shape index (κ2) is 14.9. The molecule has 156 valence electrons. The predicted molar refractivity (Wildman–Crippen MR) is 119 cm³/mol. The van der Waals surface area contributed by atoms with Crippen molar-refractivity contribution in [3.05, 3.63) is 63.7 Å². The largest absolute Gasteiger partial charge is 0.385 e. The maximum atomic E-state index is 11.2. The first-order chi connectivity index (χ1) is 13.9. The summed E-state index contributed by atoms with van der Waals surface area (Å²) in [6.07, 6.45) is 1.48. The molecule has 0 aliphatic rings. The molecule has 0 fully saturated rings. The third kappa shape index (κ3) is 9.13. The minimum absolute atomic E-state index is 0.327. The maximum absolute atomic E-state index is 11.2. The van der Waals surface area contributed by atoms with Gasteiger partial charge in [-0.2, -0.15) is 5.26 Å². The topological polar surface area (TPSA) is 94.0 Å². The van der Waals surface area contributed by atoms with Crippen LogP contribution in [0, 0.1) is 25.2 Å². The summed E-state index contributed by atoms with van der Waals surface area (Å²) < 4.78 is 0. The predicted octanol–water partition coefficient (Wildman–Crippen LogP) is 4.75. The monoisotopic (exact) mass is 416 g/mol. The van der Waals surface area contributed by atoms with E-state index >= 15 is 0 Å². The Hall–Kier alpha value is -3.04. The Morgan fingerprint density at radius 1 is 1.14 bits per heavy atom. The highest BCUT2D eigenvalue weighted by Crippen LogP contribution is 2.26. The van der Waals surface area contributed by atoms with E-state index in [0.717, 1.165) is 29.8 Å². The van der Waals surface area contributed by atoms with Gasteiger partial charge >= 0.3 is 0 Å². The van der Waals surface area contributed by atoms with Crippen LogP contribution in [0.5, 0.6) is 0 Å². The fraction of sp³-hybridized carbons (Fsp3) is 0.318. The van der Waals surface area contributed by atoms with E-state index in [4.69, 9.17) is 16.9 Å². The third-order valence-electron chi connectivity index (χ3n) is 3.63. The fourth-order valence-electron chi connectivity index (χ4n) is 2.09. The van der Waals surface area contributed by atoms with Gasteiger partial charge in [0, 0.05) is 17.8 Å². The zero-order chi connectivity index (χ0) is 22.2. The number of hydrazine groups is 1. The number of halogens is 1. The summed E-state index contributed by atoms with van der Waals surface area (Å²) in [6.45, 7) is 10.9. The van der Waals surface area contributed by atoms with Gasteiger partial charge in [0.2, 0.25) is 6.41 Å². The van der Waals surface area contributed by atoms with Crippen LogP contribution in [0.2, 0.25) is 5.02 Å². The number of aryl methyl sites for hydroxylation is 1. The lowest BCUT2D eigenvalue weighted by molar-refractivity contribution is -0.110. The Bertz CT molecular complexity index is 815. The molecule has 7 heteroatoms. The van der Waals surface area contributed by atoms with Crippen LogP contribution in [-0.2, 0) is 4.79 Å². The standard InChI is InChI=1S/C11H13ClN2.C9H10N2O2.C2H6/c1-3-6-14-10-5-4-9(7-13)11(12)8(10)2;1-7-2-4-8(5-3-7)9(13)11-10-6-12;1-2/h4-5,14H,3,6H2,1-2H3;2-6H,1H3,(H,10,12)(H,11,13);1-2H3. The molecule has 0 bridgehead atoms. The summed E-state index contributed by atoms with van der Waals surface area (Å²) in [5.41, 5.74) is 8.38. The number of anilines is 1. The van der Waals surface area contributed by atoms with Gasteiger partial charge in [-0.15, -0.1) is 0 Å². The van der Waals surface area contributed by atoms with E-state index in [0.29, 0.717) is 22.6 Å². The number of benzene rings is 2. The highest BCUT2D eigenvalue weighted by atomic mass is 35.5. The minimum Gasteiger partial charge on any atom is -0.385 e. The summed E-state index contributed by atoms with van der Waals surface area (Å²) in [6, 6.07) is 12.7. The van der Waals surface area contributed by atoms with E-state index < -0.39 is 0 Å². The molecular formula is C22H29ClN4O2. The summed E-state index contributed by atoms with van der Waals surface area (Å²) in [5.74, 6) is -0.327. The molecule has 0 unspecified atom stereocenters. The van der Waals surface area contributed by atoms with Crippen molar-refractivity contribution in [3.8, 4) is 6.07 Å². The van der Waals surface area contributed by atoms with Gasteiger partial charge in [0.15, 0.2) is 0 Å². The molecular weight excluding hydrogens is 388 g/mol. The van der Waals surface area contributed by atoms with Crippen LogP contribution >= 0.6 is 11.6 Å². The van der Waals surface area contributed by atoms with Gasteiger partial charge in [-0.1, -0.05) is 50.1 Å². The molecule has 2 aromatic carbocycles. The second-order valence-electron chi connectivity index (χ2n) is 5.72. The van der Waals surface area contributed by atoms with Crippen molar-refractivity contribution in [2.45, 2.75) is 41.0 Å². The Morgan fingerprint density at radius 3 is 2.28 bits per heavy atom. The van der Waals surface area contributed by atoms with Crippen molar-refractivity contribution in [3.63, 3.8) is 0 Å². The summed E-state index contributed by atoms with van der Waals surface area (Å²) >= 11 is 6.01. The van der Waals surface area contributed by atoms with Crippen LogP contribution in [0.4, 0.5) is 5.69 Å². The Kier molecular flexibility index (Phi) is 13.4. The van der Waals surface area contributed by atoms with E-state index in [9.17, 15) is 9.59 Å². The van der Waals surface area contributed by atoms with E-state index in [1.54, 1.807) is 18.2 Å². The molecule has 2 amide bonds. The highest BCUT2D eigenvalue weighted by molar-refractivity contribution is 6.32. The average molecular weight is 417 g/mol. The molecule has 0 spiro atoms. The van der Waals surface area contributed by atoms with Gasteiger partial charge in [-0.3, -0.25) is 20.4 Å². The van der Waals surface area contributed by atoms with E-state index in [-0.39, 0.29) is 5.91 Å².